The fourth-order valence-electron chi connectivity index (χ4n) is 5.09. The predicted molar refractivity (Wildman–Crippen MR) is 124 cm³/mol. The molecule has 1 saturated heterocycles. The Balaban J connectivity index is 1.88. The minimum atomic E-state index is -0.971. The first-order chi connectivity index (χ1) is 16.0. The lowest BCUT2D eigenvalue weighted by atomic mass is 9.77. The molecule has 186 valence electrons. The number of nitrogens with zero attached hydrogens (tertiary/aromatic N) is 1. The van der Waals surface area contributed by atoms with Gasteiger partial charge in [0.25, 0.3) is 5.91 Å². The minimum Gasteiger partial charge on any atom is -0.427 e. The van der Waals surface area contributed by atoms with Crippen LogP contribution in [0.4, 0.5) is 0 Å². The zero-order valence-electron chi connectivity index (χ0n) is 21.0. The van der Waals surface area contributed by atoms with Crippen LogP contribution in [0.3, 0.4) is 0 Å². The number of amides is 1. The van der Waals surface area contributed by atoms with Crippen molar-refractivity contribution in [2.45, 2.75) is 71.6 Å². The van der Waals surface area contributed by atoms with E-state index >= 15 is 0 Å². The largest absolute Gasteiger partial charge is 0.427 e. The maximum atomic E-state index is 14.0. The number of aryl methyl sites for hydroxylation is 2. The van der Waals surface area contributed by atoms with Crippen molar-refractivity contribution < 1.29 is 33.4 Å². The van der Waals surface area contributed by atoms with Crippen LogP contribution in [0.1, 0.15) is 63.1 Å². The third-order valence-corrected chi connectivity index (χ3v) is 6.93. The van der Waals surface area contributed by atoms with Crippen LogP contribution in [0.2, 0.25) is 0 Å². The molecule has 1 amide bonds. The van der Waals surface area contributed by atoms with E-state index in [1.54, 1.807) is 20.8 Å². The number of rotatable bonds is 5. The second kappa shape index (κ2) is 9.07. The van der Waals surface area contributed by atoms with E-state index in [1.165, 1.54) is 12.2 Å². The summed E-state index contributed by atoms with van der Waals surface area (Å²) in [6, 6.07) is 5.85. The van der Waals surface area contributed by atoms with Crippen molar-refractivity contribution in [2.75, 3.05) is 27.1 Å². The fourth-order valence-corrected chi connectivity index (χ4v) is 5.09. The first kappa shape index (κ1) is 24.9. The molecular weight excluding hydrogens is 438 g/mol. The number of hydrogen-bond acceptors (Lipinski definition) is 7. The number of benzene rings is 1. The summed E-state index contributed by atoms with van der Waals surface area (Å²) in [7, 11) is 1.50. The standard InChI is InChI=1S/C26H35NO7/c1-17-8-7-9-18(2)19(17)20-21(34-23(29)24(3,4)5)25(27(22(20)28)33-16-30-6)10-12-26(13-11-25)31-14-15-32-26/h7-9H,10-16H2,1-6H3. The second-order valence-corrected chi connectivity index (χ2v) is 10.4. The molecule has 1 saturated carbocycles. The highest BCUT2D eigenvalue weighted by Crippen LogP contribution is 2.53. The molecule has 0 N–H and O–H groups in total. The van der Waals surface area contributed by atoms with Crippen LogP contribution < -0.4 is 0 Å². The molecule has 0 radical (unpaired) electrons. The van der Waals surface area contributed by atoms with E-state index < -0.39 is 22.7 Å². The Kier molecular flexibility index (Phi) is 6.63. The van der Waals surface area contributed by atoms with Crippen LogP contribution in [0.15, 0.2) is 24.0 Å². The van der Waals surface area contributed by atoms with Gasteiger partial charge < -0.3 is 18.9 Å². The summed E-state index contributed by atoms with van der Waals surface area (Å²) < 4.78 is 23.2. The average Bonchev–Trinajstić information content (AvgIpc) is 3.31. The highest BCUT2D eigenvalue weighted by atomic mass is 16.8. The molecule has 2 heterocycles. The van der Waals surface area contributed by atoms with Crippen molar-refractivity contribution >= 4 is 17.4 Å². The molecule has 0 unspecified atom stereocenters. The number of carbonyl (C=O) groups excluding carboxylic acids is 2. The molecule has 2 fully saturated rings. The monoisotopic (exact) mass is 473 g/mol. The van der Waals surface area contributed by atoms with Gasteiger partial charge in [-0.25, -0.2) is 9.90 Å². The summed E-state index contributed by atoms with van der Waals surface area (Å²) in [5.74, 6) is -1.06. The lowest BCUT2D eigenvalue weighted by Crippen LogP contribution is -2.54. The molecule has 4 rings (SSSR count). The third-order valence-electron chi connectivity index (χ3n) is 6.93. The van der Waals surface area contributed by atoms with Crippen LogP contribution in [-0.4, -0.2) is 55.4 Å². The van der Waals surface area contributed by atoms with E-state index in [0.29, 0.717) is 50.2 Å². The van der Waals surface area contributed by atoms with Gasteiger partial charge in [-0.2, -0.15) is 0 Å². The molecule has 0 aromatic heterocycles. The summed E-state index contributed by atoms with van der Waals surface area (Å²) in [6.07, 6.45) is 2.01. The summed E-state index contributed by atoms with van der Waals surface area (Å²) in [4.78, 5) is 33.0. The van der Waals surface area contributed by atoms with Gasteiger partial charge in [0.2, 0.25) is 0 Å². The Morgan fingerprint density at radius 1 is 1.06 bits per heavy atom. The van der Waals surface area contributed by atoms with E-state index in [2.05, 4.69) is 0 Å². The quantitative estimate of drug-likeness (QED) is 0.471. The highest BCUT2D eigenvalue weighted by molar-refractivity contribution is 6.23. The molecule has 2 spiro atoms. The van der Waals surface area contributed by atoms with Gasteiger partial charge in [0, 0.05) is 20.0 Å². The SMILES string of the molecule is COCON1C(=O)C(c2c(C)cccc2C)=C(OC(=O)C(C)(C)C)C12CCC1(CC2)OCCO1. The van der Waals surface area contributed by atoms with Crippen LogP contribution in [-0.2, 0) is 33.4 Å². The second-order valence-electron chi connectivity index (χ2n) is 10.4. The highest BCUT2D eigenvalue weighted by Gasteiger charge is 2.60. The van der Waals surface area contributed by atoms with Gasteiger partial charge in [0.15, 0.2) is 12.6 Å². The van der Waals surface area contributed by atoms with Gasteiger partial charge in [-0.3, -0.25) is 9.59 Å². The molecule has 34 heavy (non-hydrogen) atoms. The van der Waals surface area contributed by atoms with E-state index in [0.717, 1.165) is 16.7 Å². The normalized spacial score (nSPS) is 21.7. The van der Waals surface area contributed by atoms with E-state index in [1.807, 2.05) is 32.0 Å². The molecule has 1 aromatic carbocycles. The smallest absolute Gasteiger partial charge is 0.316 e. The molecule has 1 aromatic rings. The molecule has 2 aliphatic heterocycles. The Morgan fingerprint density at radius 3 is 2.18 bits per heavy atom. The molecular formula is C26H35NO7. The van der Waals surface area contributed by atoms with Gasteiger partial charge in [-0.15, -0.1) is 0 Å². The van der Waals surface area contributed by atoms with Crippen molar-refractivity contribution in [3.05, 3.63) is 40.6 Å². The maximum Gasteiger partial charge on any atom is 0.316 e. The van der Waals surface area contributed by atoms with Gasteiger partial charge in [-0.1, -0.05) is 18.2 Å². The topological polar surface area (TPSA) is 83.5 Å². The first-order valence-corrected chi connectivity index (χ1v) is 11.8. The number of esters is 1. The van der Waals surface area contributed by atoms with Crippen molar-refractivity contribution in [1.29, 1.82) is 0 Å². The van der Waals surface area contributed by atoms with Crippen molar-refractivity contribution in [3.63, 3.8) is 0 Å². The molecule has 3 aliphatic rings. The lowest BCUT2D eigenvalue weighted by molar-refractivity contribution is -0.265. The average molecular weight is 474 g/mol. The molecule has 0 bridgehead atoms. The number of hydrogen-bond donors (Lipinski definition) is 0. The first-order valence-electron chi connectivity index (χ1n) is 11.8. The molecule has 8 heteroatoms. The van der Waals surface area contributed by atoms with Gasteiger partial charge in [0.05, 0.1) is 24.2 Å². The van der Waals surface area contributed by atoms with E-state index in [-0.39, 0.29) is 12.7 Å². The predicted octanol–water partition coefficient (Wildman–Crippen LogP) is 4.04. The van der Waals surface area contributed by atoms with Crippen molar-refractivity contribution in [1.82, 2.24) is 5.06 Å². The third kappa shape index (κ3) is 4.17. The summed E-state index contributed by atoms with van der Waals surface area (Å²) in [6.45, 7) is 10.3. The van der Waals surface area contributed by atoms with Crippen LogP contribution in [0, 0.1) is 19.3 Å². The Hall–Kier alpha value is -2.26. The number of hydroxylamine groups is 2. The van der Waals surface area contributed by atoms with E-state index in [4.69, 9.17) is 23.8 Å². The molecule has 1 aliphatic carbocycles. The summed E-state index contributed by atoms with van der Waals surface area (Å²) in [5.41, 5.74) is 1.25. The van der Waals surface area contributed by atoms with Gasteiger partial charge in [0.1, 0.15) is 11.3 Å². The van der Waals surface area contributed by atoms with E-state index in [9.17, 15) is 9.59 Å². The summed E-state index contributed by atoms with van der Waals surface area (Å²) in [5, 5.41) is 1.37. The minimum absolute atomic E-state index is 0.105. The molecule has 0 atom stereocenters. The maximum absolute atomic E-state index is 14.0. The van der Waals surface area contributed by atoms with Crippen LogP contribution in [0.25, 0.3) is 5.57 Å². The molecule has 8 nitrogen and oxygen atoms in total. The fraction of sp³-hybridized carbons (Fsp3) is 0.615. The van der Waals surface area contributed by atoms with Crippen molar-refractivity contribution in [2.24, 2.45) is 5.41 Å². The van der Waals surface area contributed by atoms with Gasteiger partial charge in [-0.05, 0) is 64.2 Å². The van der Waals surface area contributed by atoms with Gasteiger partial charge >= 0.3 is 5.97 Å². The van der Waals surface area contributed by atoms with Crippen LogP contribution >= 0.6 is 0 Å². The summed E-state index contributed by atoms with van der Waals surface area (Å²) >= 11 is 0. The Morgan fingerprint density at radius 2 is 1.65 bits per heavy atom. The number of carbonyl (C=O) groups is 2. The number of ether oxygens (including phenoxy) is 4. The van der Waals surface area contributed by atoms with Crippen LogP contribution in [0.5, 0.6) is 0 Å². The number of methoxy groups -OCH3 is 1. The Bertz CT molecular complexity index is 971. The van der Waals surface area contributed by atoms with Crippen molar-refractivity contribution in [3.8, 4) is 0 Å². The lowest BCUT2D eigenvalue weighted by Gasteiger charge is -2.45. The zero-order valence-corrected chi connectivity index (χ0v) is 21.0. The zero-order chi connectivity index (χ0) is 24.7. The Labute approximate surface area is 201 Å².